The molecule has 124 valence electrons. The predicted molar refractivity (Wildman–Crippen MR) is 83.8 cm³/mol. The van der Waals surface area contributed by atoms with Crippen LogP contribution in [0.5, 0.6) is 0 Å². The van der Waals surface area contributed by atoms with Gasteiger partial charge in [-0.3, -0.25) is 4.79 Å². The molecule has 0 aliphatic rings. The molecule has 21 heavy (non-hydrogen) atoms. The third-order valence-corrected chi connectivity index (χ3v) is 2.90. The van der Waals surface area contributed by atoms with Crippen molar-refractivity contribution in [2.24, 2.45) is 0 Å². The monoisotopic (exact) mass is 314 g/mol. The van der Waals surface area contributed by atoms with E-state index in [1.165, 1.54) is 64.7 Å². The number of aliphatic hydroxyl groups is 2. The topological polar surface area (TPSA) is 66.8 Å². The fourth-order valence-electron chi connectivity index (χ4n) is 1.81. The van der Waals surface area contributed by atoms with Crippen LogP contribution in [0.15, 0.2) is 0 Å². The van der Waals surface area contributed by atoms with E-state index in [0.29, 0.717) is 6.61 Å². The van der Waals surface area contributed by atoms with Crippen molar-refractivity contribution in [2.45, 2.75) is 78.1 Å². The zero-order chi connectivity index (χ0) is 15.5. The van der Waals surface area contributed by atoms with Gasteiger partial charge < -0.3 is 16.4 Å². The second-order valence-electron chi connectivity index (χ2n) is 4.97. The van der Waals surface area contributed by atoms with Gasteiger partial charge in [0.2, 0.25) is 0 Å². The summed E-state index contributed by atoms with van der Waals surface area (Å²) in [6.45, 7) is 4.07. The Morgan fingerprint density at radius 3 is 1.57 bits per heavy atom. The number of hydrogen-bond donors (Lipinski definition) is 2. The molecule has 0 saturated carbocycles. The first-order chi connectivity index (χ1) is 9.68. The maximum Gasteiger partial charge on any atom is 1.00 e. The number of esters is 1. The number of aliphatic hydroxyl groups excluding tert-OH is 2. The Morgan fingerprint density at radius 2 is 1.24 bits per heavy atom. The molecule has 0 fully saturated rings. The van der Waals surface area contributed by atoms with E-state index in [4.69, 9.17) is 14.9 Å². The minimum atomic E-state index is -0.157. The summed E-state index contributed by atoms with van der Waals surface area (Å²) in [4.78, 5) is 10.5. The van der Waals surface area contributed by atoms with E-state index < -0.39 is 0 Å². The number of carbonyl (C=O) groups excluding carboxylic acids is 1. The molecule has 0 unspecified atom stereocenters. The standard InChI is InChI=1S/C14H28O2.C2H6O2.Na.H/c1-3-4-5-6-7-8-9-10-11-12-13-16-14(2)15;3-1-2-4;;/h3-13H2,1-2H3;3-4H,1-2H2;;/q;;+1;-1. The number of ether oxygens (including phenoxy) is 1. The molecular weight excluding hydrogens is 279 g/mol. The maximum absolute atomic E-state index is 10.5. The summed E-state index contributed by atoms with van der Waals surface area (Å²) in [7, 11) is 0. The number of unbranched alkanes of at least 4 members (excludes halogenated alkanes) is 9. The average molecular weight is 314 g/mol. The Kier molecular flexibility index (Phi) is 31.7. The molecule has 0 aromatic heterocycles. The first-order valence-electron chi connectivity index (χ1n) is 8.04. The van der Waals surface area contributed by atoms with Gasteiger partial charge in [-0.05, 0) is 6.42 Å². The van der Waals surface area contributed by atoms with Crippen LogP contribution < -0.4 is 29.6 Å². The third kappa shape index (κ3) is 33.3. The normalized spacial score (nSPS) is 9.33. The third-order valence-electron chi connectivity index (χ3n) is 2.90. The first kappa shape index (κ1) is 26.3. The van der Waals surface area contributed by atoms with Gasteiger partial charge in [-0.2, -0.15) is 0 Å². The average Bonchev–Trinajstić information content (AvgIpc) is 2.44. The zero-order valence-electron chi connectivity index (χ0n) is 15.4. The van der Waals surface area contributed by atoms with Crippen LogP contribution in [0.25, 0.3) is 0 Å². The van der Waals surface area contributed by atoms with Crippen LogP contribution in [0.4, 0.5) is 0 Å². The molecule has 0 amide bonds. The van der Waals surface area contributed by atoms with E-state index >= 15 is 0 Å². The van der Waals surface area contributed by atoms with Crippen LogP contribution in [0.2, 0.25) is 0 Å². The molecule has 0 bridgehead atoms. The van der Waals surface area contributed by atoms with Gasteiger partial charge in [0.15, 0.2) is 0 Å². The molecule has 4 nitrogen and oxygen atoms in total. The summed E-state index contributed by atoms with van der Waals surface area (Å²) in [6.07, 6.45) is 13.1. The number of rotatable bonds is 12. The van der Waals surface area contributed by atoms with Gasteiger partial charge in [0.1, 0.15) is 0 Å². The van der Waals surface area contributed by atoms with Crippen LogP contribution >= 0.6 is 0 Å². The fraction of sp³-hybridized carbons (Fsp3) is 0.938. The molecule has 0 spiro atoms. The number of hydrogen-bond acceptors (Lipinski definition) is 4. The summed E-state index contributed by atoms with van der Waals surface area (Å²) < 4.78 is 4.87. The van der Waals surface area contributed by atoms with Crippen molar-refractivity contribution >= 4 is 5.97 Å². The molecular formula is C16H35NaO4. The number of carbonyl (C=O) groups is 1. The van der Waals surface area contributed by atoms with E-state index in [-0.39, 0.29) is 50.2 Å². The van der Waals surface area contributed by atoms with E-state index in [2.05, 4.69) is 6.92 Å². The van der Waals surface area contributed by atoms with Crippen molar-refractivity contribution in [3.05, 3.63) is 0 Å². The van der Waals surface area contributed by atoms with Crippen LogP contribution in [0.3, 0.4) is 0 Å². The van der Waals surface area contributed by atoms with Crippen molar-refractivity contribution in [3.63, 3.8) is 0 Å². The Hall–Kier alpha value is 0.390. The van der Waals surface area contributed by atoms with E-state index in [1.54, 1.807) is 0 Å². The van der Waals surface area contributed by atoms with Crippen LogP contribution in [0, 0.1) is 0 Å². The second kappa shape index (κ2) is 25.3. The molecule has 0 aliphatic carbocycles. The molecule has 5 heteroatoms. The van der Waals surface area contributed by atoms with Gasteiger partial charge in [0, 0.05) is 6.92 Å². The Labute approximate surface area is 154 Å². The molecule has 0 aromatic rings. The SMILES string of the molecule is CCCCCCCCCCCCOC(C)=O.OCCO.[H-].[Na+]. The van der Waals surface area contributed by atoms with Gasteiger partial charge in [-0.15, -0.1) is 0 Å². The van der Waals surface area contributed by atoms with Crippen LogP contribution in [-0.2, 0) is 9.53 Å². The van der Waals surface area contributed by atoms with Crippen LogP contribution in [0.1, 0.15) is 79.5 Å². The van der Waals surface area contributed by atoms with Crippen molar-refractivity contribution in [3.8, 4) is 0 Å². The maximum atomic E-state index is 10.5. The van der Waals surface area contributed by atoms with Crippen LogP contribution in [-0.4, -0.2) is 36.0 Å². The van der Waals surface area contributed by atoms with Gasteiger partial charge in [-0.1, -0.05) is 64.7 Å². The van der Waals surface area contributed by atoms with Crippen molar-refractivity contribution in [1.82, 2.24) is 0 Å². The van der Waals surface area contributed by atoms with Gasteiger partial charge >= 0.3 is 35.5 Å². The summed E-state index contributed by atoms with van der Waals surface area (Å²) in [5.41, 5.74) is 0. The predicted octanol–water partition coefficient (Wildman–Crippen LogP) is 0.558. The first-order valence-corrected chi connectivity index (χ1v) is 8.04. The molecule has 0 radical (unpaired) electrons. The molecule has 0 atom stereocenters. The smallest absolute Gasteiger partial charge is 1.00 e. The van der Waals surface area contributed by atoms with Gasteiger partial charge in [0.05, 0.1) is 19.8 Å². The summed E-state index contributed by atoms with van der Waals surface area (Å²) in [5, 5.41) is 15.2. The van der Waals surface area contributed by atoms with Crippen molar-refractivity contribution in [1.29, 1.82) is 0 Å². The molecule has 0 heterocycles. The molecule has 0 rings (SSSR count). The quantitative estimate of drug-likeness (QED) is 0.314. The second-order valence-corrected chi connectivity index (χ2v) is 4.97. The molecule has 0 aromatic carbocycles. The van der Waals surface area contributed by atoms with E-state index in [0.717, 1.165) is 6.42 Å². The Bertz CT molecular complexity index is 193. The Balaban J connectivity index is -0.000000240. The van der Waals surface area contributed by atoms with Crippen molar-refractivity contribution in [2.75, 3.05) is 19.8 Å². The summed E-state index contributed by atoms with van der Waals surface area (Å²) in [5.74, 6) is -0.157. The van der Waals surface area contributed by atoms with E-state index in [9.17, 15) is 4.79 Å². The van der Waals surface area contributed by atoms with Crippen molar-refractivity contribution < 1.29 is 50.7 Å². The largest absolute Gasteiger partial charge is 1.00 e. The minimum Gasteiger partial charge on any atom is -1.00 e. The summed E-state index contributed by atoms with van der Waals surface area (Å²) in [6, 6.07) is 0. The fourth-order valence-corrected chi connectivity index (χ4v) is 1.81. The van der Waals surface area contributed by atoms with Gasteiger partial charge in [-0.25, -0.2) is 0 Å². The molecule has 0 saturated heterocycles. The minimum absolute atomic E-state index is 0. The van der Waals surface area contributed by atoms with E-state index in [1.807, 2.05) is 0 Å². The molecule has 0 aliphatic heterocycles. The zero-order valence-corrected chi connectivity index (χ0v) is 16.4. The Morgan fingerprint density at radius 1 is 0.857 bits per heavy atom. The molecule has 2 N–H and O–H groups in total. The van der Waals surface area contributed by atoms with Gasteiger partial charge in [0.25, 0.3) is 0 Å². The summed E-state index contributed by atoms with van der Waals surface area (Å²) >= 11 is 0.